The number of halogens is 2. The minimum atomic E-state index is -3.44. The lowest BCUT2D eigenvalue weighted by Gasteiger charge is -2.32. The molecule has 1 aromatic rings. The molecule has 10 heteroatoms. The highest BCUT2D eigenvalue weighted by Crippen LogP contribution is 2.44. The van der Waals surface area contributed by atoms with Gasteiger partial charge >= 0.3 is 17.9 Å². The molecular formula is C17H18F2O8. The molecule has 1 unspecified atom stereocenters. The van der Waals surface area contributed by atoms with Gasteiger partial charge in [0, 0.05) is 5.92 Å². The van der Waals surface area contributed by atoms with E-state index >= 15 is 0 Å². The Morgan fingerprint density at radius 1 is 1.11 bits per heavy atom. The number of carbonyl (C=O) groups is 3. The molecule has 4 atom stereocenters. The molecule has 0 aromatic heterocycles. The Morgan fingerprint density at radius 3 is 2.22 bits per heavy atom. The molecule has 8 nitrogen and oxygen atoms in total. The van der Waals surface area contributed by atoms with Crippen LogP contribution in [-0.2, 0) is 19.1 Å². The first-order chi connectivity index (χ1) is 12.7. The van der Waals surface area contributed by atoms with Gasteiger partial charge in [0.25, 0.3) is 6.43 Å². The van der Waals surface area contributed by atoms with E-state index in [2.05, 4.69) is 0 Å². The molecule has 1 aliphatic heterocycles. The minimum Gasteiger partial charge on any atom is -0.481 e. The zero-order valence-corrected chi connectivity index (χ0v) is 14.0. The van der Waals surface area contributed by atoms with Gasteiger partial charge in [0.15, 0.2) is 5.60 Å². The third-order valence-corrected chi connectivity index (χ3v) is 4.39. The van der Waals surface area contributed by atoms with Crippen LogP contribution in [0, 0.1) is 5.92 Å². The number of esters is 1. The number of aliphatic hydroxyl groups is 1. The van der Waals surface area contributed by atoms with Crippen LogP contribution in [0.4, 0.5) is 8.78 Å². The Morgan fingerprint density at radius 2 is 1.70 bits per heavy atom. The Hall–Kier alpha value is -2.59. The molecule has 148 valence electrons. The van der Waals surface area contributed by atoms with E-state index in [1.54, 1.807) is 18.2 Å². The number of benzene rings is 1. The topological polar surface area (TPSA) is 130 Å². The predicted octanol–water partition coefficient (Wildman–Crippen LogP) is 1.17. The molecule has 1 fully saturated rings. The van der Waals surface area contributed by atoms with Gasteiger partial charge in [-0.2, -0.15) is 0 Å². The summed E-state index contributed by atoms with van der Waals surface area (Å²) in [6.45, 7) is -0.791. The van der Waals surface area contributed by atoms with E-state index in [9.17, 15) is 28.3 Å². The maximum absolute atomic E-state index is 13.6. The first kappa shape index (κ1) is 20.7. The zero-order chi connectivity index (χ0) is 20.2. The number of alkyl halides is 2. The maximum Gasteiger partial charge on any atom is 0.338 e. The number of carboxylic acids is 2. The van der Waals surface area contributed by atoms with Crippen molar-refractivity contribution >= 4 is 17.9 Å². The number of carboxylic acid groups (broad SMARTS) is 2. The van der Waals surface area contributed by atoms with Crippen LogP contribution in [0.25, 0.3) is 0 Å². The summed E-state index contributed by atoms with van der Waals surface area (Å²) >= 11 is 0. The van der Waals surface area contributed by atoms with Gasteiger partial charge < -0.3 is 24.8 Å². The first-order valence-electron chi connectivity index (χ1n) is 7.98. The van der Waals surface area contributed by atoms with E-state index < -0.39 is 67.5 Å². The van der Waals surface area contributed by atoms with Crippen molar-refractivity contribution in [3.63, 3.8) is 0 Å². The van der Waals surface area contributed by atoms with Crippen molar-refractivity contribution in [3.8, 4) is 0 Å². The second kappa shape index (κ2) is 8.40. The monoisotopic (exact) mass is 388 g/mol. The number of hydrogen-bond acceptors (Lipinski definition) is 6. The van der Waals surface area contributed by atoms with Gasteiger partial charge in [0.1, 0.15) is 12.7 Å². The van der Waals surface area contributed by atoms with Gasteiger partial charge in [-0.25, -0.2) is 13.6 Å². The van der Waals surface area contributed by atoms with Crippen molar-refractivity contribution in [1.82, 2.24) is 0 Å². The molecule has 1 aliphatic rings. The Labute approximate surface area is 152 Å². The molecule has 0 spiro atoms. The molecule has 27 heavy (non-hydrogen) atoms. The zero-order valence-electron chi connectivity index (χ0n) is 14.0. The molecule has 2 rings (SSSR count). The summed E-state index contributed by atoms with van der Waals surface area (Å²) in [7, 11) is 0. The summed E-state index contributed by atoms with van der Waals surface area (Å²) in [5.74, 6) is -5.45. The smallest absolute Gasteiger partial charge is 0.338 e. The summed E-state index contributed by atoms with van der Waals surface area (Å²) in [5, 5.41) is 28.3. The van der Waals surface area contributed by atoms with E-state index in [0.29, 0.717) is 0 Å². The fourth-order valence-corrected chi connectivity index (χ4v) is 3.08. The van der Waals surface area contributed by atoms with Crippen LogP contribution in [0.1, 0.15) is 23.2 Å². The molecule has 1 saturated heterocycles. The van der Waals surface area contributed by atoms with Crippen molar-refractivity contribution < 1.29 is 48.0 Å². The molecular weight excluding hydrogens is 370 g/mol. The van der Waals surface area contributed by atoms with Crippen molar-refractivity contribution in [2.45, 2.75) is 37.1 Å². The number of aliphatic carboxylic acids is 2. The van der Waals surface area contributed by atoms with E-state index in [0.717, 1.165) is 0 Å². The normalized spacial score (nSPS) is 27.5. The molecule has 1 heterocycles. The fourth-order valence-electron chi connectivity index (χ4n) is 3.08. The van der Waals surface area contributed by atoms with Crippen LogP contribution in [0.2, 0.25) is 0 Å². The van der Waals surface area contributed by atoms with Crippen LogP contribution in [0.3, 0.4) is 0 Å². The third kappa shape index (κ3) is 4.58. The lowest BCUT2D eigenvalue weighted by Crippen LogP contribution is -2.53. The van der Waals surface area contributed by atoms with Gasteiger partial charge in [-0.3, -0.25) is 9.59 Å². The van der Waals surface area contributed by atoms with Gasteiger partial charge in [0.2, 0.25) is 0 Å². The van der Waals surface area contributed by atoms with Gasteiger partial charge in [-0.15, -0.1) is 0 Å². The molecule has 0 amide bonds. The second-order valence-corrected chi connectivity index (χ2v) is 6.12. The summed E-state index contributed by atoms with van der Waals surface area (Å²) in [6.07, 6.45) is -8.41. The molecule has 0 bridgehead atoms. The lowest BCUT2D eigenvalue weighted by molar-refractivity contribution is -0.164. The van der Waals surface area contributed by atoms with Gasteiger partial charge in [0.05, 0.1) is 24.5 Å². The summed E-state index contributed by atoms with van der Waals surface area (Å²) in [4.78, 5) is 33.9. The van der Waals surface area contributed by atoms with Crippen molar-refractivity contribution in [2.24, 2.45) is 5.92 Å². The first-order valence-corrected chi connectivity index (χ1v) is 7.98. The third-order valence-electron chi connectivity index (χ3n) is 4.39. The van der Waals surface area contributed by atoms with Crippen molar-refractivity contribution in [1.29, 1.82) is 0 Å². The number of hydrogen-bond donors (Lipinski definition) is 3. The lowest BCUT2D eigenvalue weighted by atomic mass is 9.79. The number of carbonyl (C=O) groups excluding carboxylic acids is 1. The van der Waals surface area contributed by atoms with Crippen LogP contribution >= 0.6 is 0 Å². The van der Waals surface area contributed by atoms with Crippen molar-refractivity contribution in [2.75, 3.05) is 6.61 Å². The molecule has 0 radical (unpaired) electrons. The second-order valence-electron chi connectivity index (χ2n) is 6.12. The molecule has 3 N–H and O–H groups in total. The van der Waals surface area contributed by atoms with Crippen LogP contribution in [0.5, 0.6) is 0 Å². The largest absolute Gasteiger partial charge is 0.481 e. The highest BCUT2D eigenvalue weighted by molar-refractivity contribution is 5.89. The standard InChI is InChI=1S/C17H18F2O8/c18-16(19)17(25)10(6-13(20)21)11(7-14(22)23)27-12(17)8-26-15(24)9-4-2-1-3-5-9/h1-5,10-12,16,25H,6-8H2,(H,20,21)(H,22,23)/t10-,11?,12-,17-/m1/s1. The Bertz CT molecular complexity index is 695. The van der Waals surface area contributed by atoms with E-state index in [1.165, 1.54) is 12.1 Å². The highest BCUT2D eigenvalue weighted by atomic mass is 19.3. The maximum atomic E-state index is 13.6. The fraction of sp³-hybridized carbons (Fsp3) is 0.471. The molecule has 0 aliphatic carbocycles. The van der Waals surface area contributed by atoms with Gasteiger partial charge in [-0.05, 0) is 12.1 Å². The average Bonchev–Trinajstić information content (AvgIpc) is 2.86. The van der Waals surface area contributed by atoms with Gasteiger partial charge in [-0.1, -0.05) is 18.2 Å². The molecule has 0 saturated carbocycles. The van der Waals surface area contributed by atoms with Crippen molar-refractivity contribution in [3.05, 3.63) is 35.9 Å². The van der Waals surface area contributed by atoms with E-state index in [4.69, 9.17) is 19.7 Å². The quantitative estimate of drug-likeness (QED) is 0.566. The average molecular weight is 388 g/mol. The Balaban J connectivity index is 2.21. The highest BCUT2D eigenvalue weighted by Gasteiger charge is 2.62. The predicted molar refractivity (Wildman–Crippen MR) is 84.3 cm³/mol. The van der Waals surface area contributed by atoms with E-state index in [-0.39, 0.29) is 5.56 Å². The van der Waals surface area contributed by atoms with Crippen LogP contribution < -0.4 is 0 Å². The SMILES string of the molecule is O=C(O)CC1O[C@H](COC(=O)c2ccccc2)[C@@](O)(C(F)F)[C@@H]1CC(=O)O. The number of ether oxygens (including phenoxy) is 2. The summed E-state index contributed by atoms with van der Waals surface area (Å²) in [5.41, 5.74) is -2.84. The van der Waals surface area contributed by atoms with E-state index in [1.807, 2.05) is 0 Å². The van der Waals surface area contributed by atoms with Crippen LogP contribution in [-0.4, -0.2) is 64.1 Å². The molecule has 1 aromatic carbocycles. The van der Waals surface area contributed by atoms with Crippen LogP contribution in [0.15, 0.2) is 30.3 Å². The minimum absolute atomic E-state index is 0.139. The Kier molecular flexibility index (Phi) is 6.45. The number of rotatable bonds is 8. The summed E-state index contributed by atoms with van der Waals surface area (Å²) in [6, 6.07) is 7.63. The summed E-state index contributed by atoms with van der Waals surface area (Å²) < 4.78 is 37.4.